The third-order valence-corrected chi connectivity index (χ3v) is 7.89. The van der Waals surface area contributed by atoms with Crippen molar-refractivity contribution in [1.29, 1.82) is 0 Å². The normalized spacial score (nSPS) is 13.4. The molecule has 2 aromatic heterocycles. The number of nitrogens with zero attached hydrogens (tertiary/aromatic N) is 5. The summed E-state index contributed by atoms with van der Waals surface area (Å²) in [5.74, 6) is 0.948. The topological polar surface area (TPSA) is 98.2 Å². The summed E-state index contributed by atoms with van der Waals surface area (Å²) in [5, 5.41) is 4.97. The van der Waals surface area contributed by atoms with Crippen LogP contribution in [0.5, 0.6) is 0 Å². The smallest absolute Gasteiger partial charge is 0.410 e. The van der Waals surface area contributed by atoms with E-state index in [0.717, 1.165) is 51.5 Å². The van der Waals surface area contributed by atoms with Gasteiger partial charge in [-0.3, -0.25) is 0 Å². The quantitative estimate of drug-likeness (QED) is 0.219. The van der Waals surface area contributed by atoms with Gasteiger partial charge in [0.25, 0.3) is 0 Å². The number of nitrogens with two attached hydrogens (primary N) is 1. The van der Waals surface area contributed by atoms with Gasteiger partial charge in [0.05, 0.1) is 24.6 Å². The molecule has 6 rings (SSSR count). The minimum Gasteiger partial charge on any atom is -0.445 e. The Morgan fingerprint density at radius 2 is 1.55 bits per heavy atom. The summed E-state index contributed by atoms with van der Waals surface area (Å²) < 4.78 is 13.2. The predicted molar refractivity (Wildman–Crippen MR) is 173 cm³/mol. The van der Waals surface area contributed by atoms with Crippen molar-refractivity contribution >= 4 is 17.6 Å². The molecular weight excluding hydrogens is 552 g/mol. The minimum atomic E-state index is -0.289. The van der Waals surface area contributed by atoms with Crippen LogP contribution in [0.4, 0.5) is 10.6 Å². The molecule has 9 heteroatoms. The predicted octanol–water partition coefficient (Wildman–Crippen LogP) is 5.35. The Morgan fingerprint density at radius 3 is 2.30 bits per heavy atom. The number of benzene rings is 3. The number of piperazine rings is 1. The van der Waals surface area contributed by atoms with Gasteiger partial charge in [0, 0.05) is 49.9 Å². The van der Waals surface area contributed by atoms with Crippen molar-refractivity contribution in [3.8, 4) is 22.4 Å². The van der Waals surface area contributed by atoms with Crippen molar-refractivity contribution in [3.05, 3.63) is 108 Å². The largest absolute Gasteiger partial charge is 0.445 e. The number of hydrogen-bond donors (Lipinski definition) is 1. The number of carbonyl (C=O) groups is 1. The Labute approximate surface area is 257 Å². The molecule has 0 radical (unpaired) electrons. The lowest BCUT2D eigenvalue weighted by molar-refractivity contribution is 0.0941. The SMILES string of the molecule is Cc1nn2c(N3CCN(C(=O)OCc4ccccc4)CC3)cc(-c3cccc(CCOCCN)c3)nc2c1-c1ccccc1. The number of aryl methyl sites for hydroxylation is 1. The third kappa shape index (κ3) is 6.59. The molecule has 0 aliphatic carbocycles. The zero-order valence-electron chi connectivity index (χ0n) is 25.1. The zero-order chi connectivity index (χ0) is 30.3. The number of ether oxygens (including phenoxy) is 2. The molecular formula is C35H38N6O3. The summed E-state index contributed by atoms with van der Waals surface area (Å²) in [6.07, 6.45) is 0.509. The van der Waals surface area contributed by atoms with Crippen molar-refractivity contribution in [1.82, 2.24) is 19.5 Å². The first-order chi connectivity index (χ1) is 21.6. The van der Waals surface area contributed by atoms with Crippen LogP contribution in [0.15, 0.2) is 91.0 Å². The standard InChI is InChI=1S/C35H38N6O3/c1-26-33(29-12-6-3-7-13-29)34-37-31(30-14-8-11-27(23-30)15-21-43-22-16-36)24-32(41(34)38-26)39-17-19-40(20-18-39)35(42)44-25-28-9-4-2-5-10-28/h2-14,23-24H,15-22,25,36H2,1H3. The molecule has 3 aromatic carbocycles. The summed E-state index contributed by atoms with van der Waals surface area (Å²) in [4.78, 5) is 22.1. The lowest BCUT2D eigenvalue weighted by Gasteiger charge is -2.35. The summed E-state index contributed by atoms with van der Waals surface area (Å²) >= 11 is 0. The first-order valence-corrected chi connectivity index (χ1v) is 15.1. The lowest BCUT2D eigenvalue weighted by atomic mass is 10.0. The molecule has 0 spiro atoms. The van der Waals surface area contributed by atoms with Crippen molar-refractivity contribution in [2.24, 2.45) is 5.73 Å². The molecule has 2 N–H and O–H groups in total. The molecule has 1 amide bonds. The number of carbonyl (C=O) groups excluding carboxylic acids is 1. The van der Waals surface area contributed by atoms with E-state index in [0.29, 0.717) is 45.9 Å². The highest BCUT2D eigenvalue weighted by molar-refractivity contribution is 5.83. The van der Waals surface area contributed by atoms with Crippen molar-refractivity contribution in [2.45, 2.75) is 20.0 Å². The van der Waals surface area contributed by atoms with Crippen LogP contribution in [0.1, 0.15) is 16.8 Å². The van der Waals surface area contributed by atoms with Crippen molar-refractivity contribution in [3.63, 3.8) is 0 Å². The van der Waals surface area contributed by atoms with Crippen LogP contribution in [-0.2, 0) is 22.5 Å². The molecule has 226 valence electrons. The van der Waals surface area contributed by atoms with Gasteiger partial charge in [0.15, 0.2) is 5.65 Å². The highest BCUT2D eigenvalue weighted by Gasteiger charge is 2.26. The molecule has 0 saturated carbocycles. The van der Waals surface area contributed by atoms with Gasteiger partial charge in [-0.1, -0.05) is 78.9 Å². The number of aromatic nitrogens is 3. The maximum Gasteiger partial charge on any atom is 0.410 e. The molecule has 1 aliphatic rings. The van der Waals surface area contributed by atoms with Crippen LogP contribution in [-0.4, -0.2) is 71.5 Å². The maximum absolute atomic E-state index is 12.9. The third-order valence-electron chi connectivity index (χ3n) is 7.89. The van der Waals surface area contributed by atoms with Crippen molar-refractivity contribution < 1.29 is 14.3 Å². The molecule has 0 atom stereocenters. The maximum atomic E-state index is 12.9. The van der Waals surface area contributed by atoms with Crippen LogP contribution in [0.25, 0.3) is 28.0 Å². The molecule has 1 fully saturated rings. The summed E-state index contributed by atoms with van der Waals surface area (Å²) in [7, 11) is 0. The van der Waals surface area contributed by atoms with E-state index in [1.165, 1.54) is 5.56 Å². The van der Waals surface area contributed by atoms with E-state index >= 15 is 0 Å². The Hall–Kier alpha value is -4.73. The Morgan fingerprint density at radius 1 is 0.841 bits per heavy atom. The monoisotopic (exact) mass is 590 g/mol. The fraction of sp³-hybridized carbons (Fsp3) is 0.286. The van der Waals surface area contributed by atoms with Crippen molar-refractivity contribution in [2.75, 3.05) is 50.8 Å². The van der Waals surface area contributed by atoms with Gasteiger partial charge >= 0.3 is 6.09 Å². The second kappa shape index (κ2) is 13.7. The average molecular weight is 591 g/mol. The minimum absolute atomic E-state index is 0.265. The molecule has 9 nitrogen and oxygen atoms in total. The second-order valence-corrected chi connectivity index (χ2v) is 10.9. The van der Waals surface area contributed by atoms with Gasteiger partial charge in [-0.2, -0.15) is 9.61 Å². The van der Waals surface area contributed by atoms with E-state index in [4.69, 9.17) is 25.3 Å². The fourth-order valence-electron chi connectivity index (χ4n) is 5.61. The molecule has 5 aromatic rings. The number of fused-ring (bicyclic) bond motifs is 1. The van der Waals surface area contributed by atoms with Crippen LogP contribution >= 0.6 is 0 Å². The van der Waals surface area contributed by atoms with E-state index < -0.39 is 0 Å². The summed E-state index contributed by atoms with van der Waals surface area (Å²) in [6.45, 7) is 6.40. The first kappa shape index (κ1) is 29.3. The number of anilines is 1. The molecule has 0 bridgehead atoms. The summed E-state index contributed by atoms with van der Waals surface area (Å²) in [6, 6.07) is 30.6. The second-order valence-electron chi connectivity index (χ2n) is 10.9. The van der Waals surface area contributed by atoms with Crippen LogP contribution < -0.4 is 10.6 Å². The number of rotatable bonds is 10. The Bertz CT molecular complexity index is 1700. The molecule has 44 heavy (non-hydrogen) atoms. The highest BCUT2D eigenvalue weighted by atomic mass is 16.6. The number of hydrogen-bond acceptors (Lipinski definition) is 7. The molecule has 3 heterocycles. The van der Waals surface area contributed by atoms with Gasteiger partial charge in [-0.15, -0.1) is 0 Å². The van der Waals surface area contributed by atoms with E-state index in [2.05, 4.69) is 47.4 Å². The van der Waals surface area contributed by atoms with Gasteiger partial charge in [-0.25, -0.2) is 9.78 Å². The van der Waals surface area contributed by atoms with Gasteiger partial charge in [-0.05, 0) is 36.1 Å². The van der Waals surface area contributed by atoms with Crippen LogP contribution in [0.3, 0.4) is 0 Å². The average Bonchev–Trinajstić information content (AvgIpc) is 3.42. The zero-order valence-corrected chi connectivity index (χ0v) is 25.1. The van der Waals surface area contributed by atoms with E-state index in [-0.39, 0.29) is 12.7 Å². The highest BCUT2D eigenvalue weighted by Crippen LogP contribution is 2.33. The van der Waals surface area contributed by atoms with E-state index in [1.54, 1.807) is 4.90 Å². The van der Waals surface area contributed by atoms with Crippen LogP contribution in [0, 0.1) is 6.92 Å². The Kier molecular flexibility index (Phi) is 9.14. The Balaban J connectivity index is 1.29. The van der Waals surface area contributed by atoms with E-state index in [9.17, 15) is 4.79 Å². The summed E-state index contributed by atoms with van der Waals surface area (Å²) in [5.41, 5.74) is 13.4. The van der Waals surface area contributed by atoms with Gasteiger partial charge < -0.3 is 25.0 Å². The van der Waals surface area contributed by atoms with E-state index in [1.807, 2.05) is 60.0 Å². The van der Waals surface area contributed by atoms with Gasteiger partial charge in [0.1, 0.15) is 12.4 Å². The molecule has 1 aliphatic heterocycles. The molecule has 1 saturated heterocycles. The van der Waals surface area contributed by atoms with Crippen LogP contribution in [0.2, 0.25) is 0 Å². The lowest BCUT2D eigenvalue weighted by Crippen LogP contribution is -2.49. The number of amides is 1. The fourth-order valence-corrected chi connectivity index (χ4v) is 5.61. The van der Waals surface area contributed by atoms with Gasteiger partial charge in [0.2, 0.25) is 0 Å². The molecule has 0 unspecified atom stereocenters. The first-order valence-electron chi connectivity index (χ1n) is 15.1.